The van der Waals surface area contributed by atoms with Crippen LogP contribution in [0.1, 0.15) is 33.6 Å². The fourth-order valence-electron chi connectivity index (χ4n) is 3.50. The number of H-pyrrole nitrogens is 1. The third-order valence-electron chi connectivity index (χ3n) is 4.97. The smallest absolute Gasteiger partial charge is 0.256 e. The molecule has 0 saturated carbocycles. The van der Waals surface area contributed by atoms with E-state index in [1.165, 1.54) is 0 Å². The molecule has 1 saturated heterocycles. The van der Waals surface area contributed by atoms with Gasteiger partial charge in [0, 0.05) is 41.8 Å². The summed E-state index contributed by atoms with van der Waals surface area (Å²) < 4.78 is 0. The van der Waals surface area contributed by atoms with Crippen molar-refractivity contribution in [3.05, 3.63) is 71.9 Å². The number of aromatic nitrogens is 1. The Morgan fingerprint density at radius 1 is 0.962 bits per heavy atom. The van der Waals surface area contributed by atoms with E-state index in [1.54, 1.807) is 6.20 Å². The zero-order valence-corrected chi connectivity index (χ0v) is 14.4. The second kappa shape index (κ2) is 7.04. The monoisotopic (exact) mass is 347 g/mol. The zero-order chi connectivity index (χ0) is 17.9. The van der Waals surface area contributed by atoms with Gasteiger partial charge < -0.3 is 15.2 Å². The van der Waals surface area contributed by atoms with Crippen molar-refractivity contribution >= 4 is 22.7 Å². The summed E-state index contributed by atoms with van der Waals surface area (Å²) in [5.74, 6) is 0.00212. The number of nitrogens with one attached hydrogen (secondary N) is 2. The number of carbonyl (C=O) groups excluding carboxylic acids is 2. The molecule has 5 heteroatoms. The maximum Gasteiger partial charge on any atom is 0.256 e. The van der Waals surface area contributed by atoms with Crippen LogP contribution in [0.5, 0.6) is 0 Å². The minimum absolute atomic E-state index is 0.0491. The number of fused-ring (bicyclic) bond motifs is 1. The van der Waals surface area contributed by atoms with Crippen LogP contribution in [0.15, 0.2) is 60.8 Å². The summed E-state index contributed by atoms with van der Waals surface area (Å²) >= 11 is 0. The Morgan fingerprint density at radius 3 is 2.42 bits per heavy atom. The largest absolute Gasteiger partial charge is 0.360 e. The first-order valence-electron chi connectivity index (χ1n) is 8.93. The average Bonchev–Trinajstić information content (AvgIpc) is 3.13. The topological polar surface area (TPSA) is 65.2 Å². The van der Waals surface area contributed by atoms with Gasteiger partial charge in [-0.25, -0.2) is 0 Å². The number of carbonyl (C=O) groups is 2. The number of aromatic amines is 1. The molecule has 1 fully saturated rings. The number of hydrogen-bond acceptors (Lipinski definition) is 2. The second-order valence-corrected chi connectivity index (χ2v) is 6.65. The lowest BCUT2D eigenvalue weighted by Gasteiger charge is -2.32. The van der Waals surface area contributed by atoms with E-state index >= 15 is 0 Å². The lowest BCUT2D eigenvalue weighted by molar-refractivity contribution is 0.0700. The first kappa shape index (κ1) is 16.4. The number of nitrogens with zero attached hydrogens (tertiary/aromatic N) is 1. The van der Waals surface area contributed by atoms with E-state index in [2.05, 4.69) is 10.3 Å². The van der Waals surface area contributed by atoms with Crippen LogP contribution in [0.25, 0.3) is 10.9 Å². The summed E-state index contributed by atoms with van der Waals surface area (Å²) in [6.45, 7) is 1.30. The third-order valence-corrected chi connectivity index (χ3v) is 4.97. The van der Waals surface area contributed by atoms with Crippen molar-refractivity contribution in [1.29, 1.82) is 0 Å². The van der Waals surface area contributed by atoms with Gasteiger partial charge in [0.25, 0.3) is 11.8 Å². The molecule has 0 radical (unpaired) electrons. The molecule has 0 unspecified atom stereocenters. The van der Waals surface area contributed by atoms with Crippen molar-refractivity contribution in [2.75, 3.05) is 13.1 Å². The standard InChI is InChI=1S/C21H21N3O2/c25-20(15-6-2-1-3-7-15)23-16-10-12-24(13-11-16)21(26)18-14-22-19-9-5-4-8-17(18)19/h1-9,14,16,22H,10-13H2,(H,23,25). The Morgan fingerprint density at radius 2 is 1.65 bits per heavy atom. The van der Waals surface area contributed by atoms with Crippen LogP contribution in [-0.4, -0.2) is 40.8 Å². The van der Waals surface area contributed by atoms with E-state index in [9.17, 15) is 9.59 Å². The maximum absolute atomic E-state index is 12.8. The number of hydrogen-bond donors (Lipinski definition) is 2. The van der Waals surface area contributed by atoms with E-state index in [4.69, 9.17) is 0 Å². The van der Waals surface area contributed by atoms with E-state index in [-0.39, 0.29) is 17.9 Å². The van der Waals surface area contributed by atoms with Gasteiger partial charge in [-0.1, -0.05) is 36.4 Å². The molecule has 0 bridgehead atoms. The van der Waals surface area contributed by atoms with Crippen LogP contribution in [0, 0.1) is 0 Å². The minimum atomic E-state index is -0.0491. The third kappa shape index (κ3) is 3.20. The highest BCUT2D eigenvalue weighted by atomic mass is 16.2. The highest BCUT2D eigenvalue weighted by Gasteiger charge is 2.26. The highest BCUT2D eigenvalue weighted by Crippen LogP contribution is 2.21. The molecule has 3 aromatic rings. The molecule has 0 aliphatic carbocycles. The van der Waals surface area contributed by atoms with Crippen molar-refractivity contribution in [3.8, 4) is 0 Å². The van der Waals surface area contributed by atoms with Gasteiger partial charge in [0.05, 0.1) is 5.56 Å². The molecule has 0 atom stereocenters. The fourth-order valence-corrected chi connectivity index (χ4v) is 3.50. The van der Waals surface area contributed by atoms with Crippen LogP contribution in [0.4, 0.5) is 0 Å². The van der Waals surface area contributed by atoms with Crippen LogP contribution >= 0.6 is 0 Å². The maximum atomic E-state index is 12.8. The van der Waals surface area contributed by atoms with Crippen molar-refractivity contribution < 1.29 is 9.59 Å². The molecule has 2 aromatic carbocycles. The van der Waals surface area contributed by atoms with Gasteiger partial charge in [-0.05, 0) is 31.0 Å². The van der Waals surface area contributed by atoms with Gasteiger partial charge in [0.15, 0.2) is 0 Å². The first-order chi connectivity index (χ1) is 12.7. The Kier molecular flexibility index (Phi) is 4.44. The summed E-state index contributed by atoms with van der Waals surface area (Å²) in [5.41, 5.74) is 2.36. The number of rotatable bonds is 3. The van der Waals surface area contributed by atoms with Gasteiger partial charge in [0.1, 0.15) is 0 Å². The summed E-state index contributed by atoms with van der Waals surface area (Å²) in [4.78, 5) is 30.1. The minimum Gasteiger partial charge on any atom is -0.360 e. The van der Waals surface area contributed by atoms with Gasteiger partial charge in [-0.2, -0.15) is 0 Å². The summed E-state index contributed by atoms with van der Waals surface area (Å²) in [6, 6.07) is 17.2. The van der Waals surface area contributed by atoms with E-state index < -0.39 is 0 Å². The molecule has 2 heterocycles. The number of amides is 2. The molecule has 5 nitrogen and oxygen atoms in total. The molecule has 1 aliphatic heterocycles. The molecule has 1 aliphatic rings. The number of likely N-dealkylation sites (tertiary alicyclic amines) is 1. The molecule has 132 valence electrons. The van der Waals surface area contributed by atoms with Crippen LogP contribution in [0.3, 0.4) is 0 Å². The molecule has 4 rings (SSSR count). The van der Waals surface area contributed by atoms with Gasteiger partial charge in [-0.15, -0.1) is 0 Å². The van der Waals surface area contributed by atoms with E-state index in [0.29, 0.717) is 24.2 Å². The Hall–Kier alpha value is -3.08. The molecule has 1 aromatic heterocycles. The normalized spacial score (nSPS) is 15.2. The Balaban J connectivity index is 1.37. The van der Waals surface area contributed by atoms with E-state index in [0.717, 1.165) is 23.7 Å². The number of piperidine rings is 1. The van der Waals surface area contributed by atoms with E-state index in [1.807, 2.05) is 59.5 Å². The van der Waals surface area contributed by atoms with Crippen molar-refractivity contribution in [2.45, 2.75) is 18.9 Å². The van der Waals surface area contributed by atoms with Crippen LogP contribution < -0.4 is 5.32 Å². The molecule has 0 spiro atoms. The molecule has 2 amide bonds. The Bertz CT molecular complexity index is 925. The van der Waals surface area contributed by atoms with Crippen molar-refractivity contribution in [2.24, 2.45) is 0 Å². The number of para-hydroxylation sites is 1. The summed E-state index contributed by atoms with van der Waals surface area (Å²) in [5, 5.41) is 4.03. The molecule has 26 heavy (non-hydrogen) atoms. The van der Waals surface area contributed by atoms with Crippen molar-refractivity contribution in [3.63, 3.8) is 0 Å². The van der Waals surface area contributed by atoms with Crippen molar-refractivity contribution in [1.82, 2.24) is 15.2 Å². The summed E-state index contributed by atoms with van der Waals surface area (Å²) in [7, 11) is 0. The predicted molar refractivity (Wildman–Crippen MR) is 101 cm³/mol. The van der Waals surface area contributed by atoms with Gasteiger partial charge in [-0.3, -0.25) is 9.59 Å². The average molecular weight is 347 g/mol. The fraction of sp³-hybridized carbons (Fsp3) is 0.238. The second-order valence-electron chi connectivity index (χ2n) is 6.65. The Labute approximate surface area is 152 Å². The van der Waals surface area contributed by atoms with Gasteiger partial charge >= 0.3 is 0 Å². The quantitative estimate of drug-likeness (QED) is 0.764. The van der Waals surface area contributed by atoms with Gasteiger partial charge in [0.2, 0.25) is 0 Å². The molecular formula is C21H21N3O2. The predicted octanol–water partition coefficient (Wildman–Crippen LogP) is 3.20. The van der Waals surface area contributed by atoms with Crippen LogP contribution in [0.2, 0.25) is 0 Å². The highest BCUT2D eigenvalue weighted by molar-refractivity contribution is 6.06. The van der Waals surface area contributed by atoms with Crippen LogP contribution in [-0.2, 0) is 0 Å². The lowest BCUT2D eigenvalue weighted by atomic mass is 10.0. The lowest BCUT2D eigenvalue weighted by Crippen LogP contribution is -2.46. The SMILES string of the molecule is O=C(NC1CCN(C(=O)c2c[nH]c3ccccc23)CC1)c1ccccc1. The molecule has 2 N–H and O–H groups in total. The summed E-state index contributed by atoms with van der Waals surface area (Å²) in [6.07, 6.45) is 3.33. The first-order valence-corrected chi connectivity index (χ1v) is 8.93. The molecular weight excluding hydrogens is 326 g/mol. The number of benzene rings is 2. The zero-order valence-electron chi connectivity index (χ0n) is 14.4.